The summed E-state index contributed by atoms with van der Waals surface area (Å²) in [7, 11) is 0. The Morgan fingerprint density at radius 3 is 2.26 bits per heavy atom. The van der Waals surface area contributed by atoms with Crippen molar-refractivity contribution in [3.63, 3.8) is 0 Å². The zero-order valence-electron chi connectivity index (χ0n) is 11.2. The van der Waals surface area contributed by atoms with E-state index in [0.29, 0.717) is 0 Å². The van der Waals surface area contributed by atoms with E-state index in [0.717, 1.165) is 30.2 Å². The zero-order valence-corrected chi connectivity index (χ0v) is 11.2. The highest BCUT2D eigenvalue weighted by Crippen LogP contribution is 2.22. The molecule has 19 heavy (non-hydrogen) atoms. The molecular formula is C17H19NO. The maximum atomic E-state index is 5.73. The minimum absolute atomic E-state index is 0.815. The van der Waals surface area contributed by atoms with Gasteiger partial charge in [0, 0.05) is 12.2 Å². The van der Waals surface area contributed by atoms with Crippen molar-refractivity contribution in [2.45, 2.75) is 13.3 Å². The Hall–Kier alpha value is -2.22. The third kappa shape index (κ3) is 4.18. The predicted octanol–water partition coefficient (Wildman–Crippen LogP) is 4.86. The fourth-order valence-corrected chi connectivity index (χ4v) is 1.62. The molecule has 0 bridgehead atoms. The molecule has 0 spiro atoms. The predicted molar refractivity (Wildman–Crippen MR) is 80.9 cm³/mol. The van der Waals surface area contributed by atoms with Gasteiger partial charge in [-0.1, -0.05) is 37.3 Å². The molecule has 0 unspecified atom stereocenters. The molecule has 98 valence electrons. The van der Waals surface area contributed by atoms with E-state index < -0.39 is 0 Å². The van der Waals surface area contributed by atoms with Gasteiger partial charge in [0.05, 0.1) is 0 Å². The molecular weight excluding hydrogens is 234 g/mol. The first-order chi connectivity index (χ1) is 9.28. The quantitative estimate of drug-likeness (QED) is 0.742. The molecule has 0 fully saturated rings. The summed E-state index contributed by atoms with van der Waals surface area (Å²) in [6.07, 6.45) is 1.00. The van der Waals surface area contributed by atoms with Gasteiger partial charge in [0.25, 0.3) is 0 Å². The number of hydrogen-bond donors (Lipinski definition) is 1. The molecule has 0 radical (unpaired) electrons. The van der Waals surface area contributed by atoms with Gasteiger partial charge in [0.2, 0.25) is 0 Å². The van der Waals surface area contributed by atoms with Crippen LogP contribution in [0.5, 0.6) is 11.5 Å². The lowest BCUT2D eigenvalue weighted by Crippen LogP contribution is -2.02. The number of anilines is 1. The van der Waals surface area contributed by atoms with Crippen LogP contribution < -0.4 is 10.1 Å². The van der Waals surface area contributed by atoms with E-state index >= 15 is 0 Å². The molecule has 0 aliphatic heterocycles. The van der Waals surface area contributed by atoms with Crippen LogP contribution in [0.1, 0.15) is 13.3 Å². The summed E-state index contributed by atoms with van der Waals surface area (Å²) in [6, 6.07) is 17.7. The van der Waals surface area contributed by atoms with Gasteiger partial charge < -0.3 is 10.1 Å². The average molecular weight is 253 g/mol. The van der Waals surface area contributed by atoms with Crippen molar-refractivity contribution < 1.29 is 4.74 Å². The first kappa shape index (κ1) is 13.2. The van der Waals surface area contributed by atoms with E-state index in [4.69, 9.17) is 4.74 Å². The molecule has 1 N–H and O–H groups in total. The SMILES string of the molecule is C=C(CC)CNc1ccc(Oc2ccccc2)cc1. The number of ether oxygens (including phenoxy) is 1. The van der Waals surface area contributed by atoms with Gasteiger partial charge in [-0.15, -0.1) is 0 Å². The topological polar surface area (TPSA) is 21.3 Å². The summed E-state index contributed by atoms with van der Waals surface area (Å²) in [4.78, 5) is 0. The second-order valence-corrected chi connectivity index (χ2v) is 4.40. The van der Waals surface area contributed by atoms with Crippen LogP contribution in [-0.4, -0.2) is 6.54 Å². The largest absolute Gasteiger partial charge is 0.457 e. The van der Waals surface area contributed by atoms with Crippen LogP contribution in [-0.2, 0) is 0 Å². The maximum Gasteiger partial charge on any atom is 0.127 e. The van der Waals surface area contributed by atoms with Crippen molar-refractivity contribution in [2.75, 3.05) is 11.9 Å². The lowest BCUT2D eigenvalue weighted by atomic mass is 10.2. The van der Waals surface area contributed by atoms with Gasteiger partial charge in [0.1, 0.15) is 11.5 Å². The van der Waals surface area contributed by atoms with Crippen LogP contribution in [0.25, 0.3) is 0 Å². The summed E-state index contributed by atoms with van der Waals surface area (Å²) in [6.45, 7) is 6.90. The molecule has 0 aliphatic carbocycles. The Morgan fingerprint density at radius 2 is 1.63 bits per heavy atom. The van der Waals surface area contributed by atoms with E-state index in [1.807, 2.05) is 54.6 Å². The Kier molecular flexibility index (Phi) is 4.62. The third-order valence-electron chi connectivity index (χ3n) is 2.88. The van der Waals surface area contributed by atoms with Crippen LogP contribution in [0.2, 0.25) is 0 Å². The number of nitrogens with one attached hydrogen (secondary N) is 1. The van der Waals surface area contributed by atoms with Gasteiger partial charge in [-0.3, -0.25) is 0 Å². The maximum absolute atomic E-state index is 5.73. The molecule has 2 heteroatoms. The molecule has 2 rings (SSSR count). The Balaban J connectivity index is 1.93. The van der Waals surface area contributed by atoms with E-state index in [9.17, 15) is 0 Å². The number of hydrogen-bond acceptors (Lipinski definition) is 2. The molecule has 0 aromatic heterocycles. The highest BCUT2D eigenvalue weighted by atomic mass is 16.5. The van der Waals surface area contributed by atoms with Crippen molar-refractivity contribution >= 4 is 5.69 Å². The molecule has 0 aliphatic rings. The van der Waals surface area contributed by atoms with Crippen LogP contribution in [0.4, 0.5) is 5.69 Å². The number of para-hydroxylation sites is 1. The van der Waals surface area contributed by atoms with Gasteiger partial charge >= 0.3 is 0 Å². The third-order valence-corrected chi connectivity index (χ3v) is 2.88. The van der Waals surface area contributed by atoms with Crippen molar-refractivity contribution in [3.05, 3.63) is 66.7 Å². The van der Waals surface area contributed by atoms with Crippen LogP contribution >= 0.6 is 0 Å². The highest BCUT2D eigenvalue weighted by molar-refractivity contribution is 5.47. The van der Waals surface area contributed by atoms with Crippen LogP contribution in [0.3, 0.4) is 0 Å². The lowest BCUT2D eigenvalue weighted by Gasteiger charge is -2.09. The summed E-state index contributed by atoms with van der Waals surface area (Å²) >= 11 is 0. The summed E-state index contributed by atoms with van der Waals surface area (Å²) < 4.78 is 5.73. The molecule has 0 amide bonds. The van der Waals surface area contributed by atoms with Crippen molar-refractivity contribution in [2.24, 2.45) is 0 Å². The molecule has 0 saturated carbocycles. The van der Waals surface area contributed by atoms with E-state index in [2.05, 4.69) is 18.8 Å². The first-order valence-electron chi connectivity index (χ1n) is 6.51. The molecule has 0 atom stereocenters. The summed E-state index contributed by atoms with van der Waals surface area (Å²) in [5, 5.41) is 3.33. The molecule has 0 heterocycles. The van der Waals surface area contributed by atoms with Crippen LogP contribution in [0.15, 0.2) is 66.7 Å². The molecule has 2 aromatic rings. The minimum atomic E-state index is 0.815. The van der Waals surface area contributed by atoms with E-state index in [1.165, 1.54) is 5.57 Å². The normalized spacial score (nSPS) is 9.95. The van der Waals surface area contributed by atoms with E-state index in [-0.39, 0.29) is 0 Å². The summed E-state index contributed by atoms with van der Waals surface area (Å²) in [5.41, 5.74) is 2.28. The number of benzene rings is 2. The lowest BCUT2D eigenvalue weighted by molar-refractivity contribution is 0.483. The van der Waals surface area contributed by atoms with Gasteiger partial charge in [0.15, 0.2) is 0 Å². The Bertz CT molecular complexity index is 517. The van der Waals surface area contributed by atoms with Gasteiger partial charge in [-0.05, 0) is 42.8 Å². The second kappa shape index (κ2) is 6.64. The highest BCUT2D eigenvalue weighted by Gasteiger charge is 1.97. The Labute approximate surface area is 114 Å². The second-order valence-electron chi connectivity index (χ2n) is 4.40. The van der Waals surface area contributed by atoms with Crippen LogP contribution in [0, 0.1) is 0 Å². The Morgan fingerprint density at radius 1 is 1.00 bits per heavy atom. The molecule has 2 nitrogen and oxygen atoms in total. The average Bonchev–Trinajstić information content (AvgIpc) is 2.47. The van der Waals surface area contributed by atoms with Crippen molar-refractivity contribution in [1.82, 2.24) is 0 Å². The molecule has 2 aromatic carbocycles. The van der Waals surface area contributed by atoms with E-state index in [1.54, 1.807) is 0 Å². The standard InChI is InChI=1S/C17H19NO/c1-3-14(2)13-18-15-9-11-17(12-10-15)19-16-7-5-4-6-8-16/h4-12,18H,2-3,13H2,1H3. The number of rotatable bonds is 6. The summed E-state index contributed by atoms with van der Waals surface area (Å²) in [5.74, 6) is 1.69. The first-order valence-corrected chi connectivity index (χ1v) is 6.51. The van der Waals surface area contributed by atoms with Crippen molar-refractivity contribution in [3.8, 4) is 11.5 Å². The molecule has 0 saturated heterocycles. The monoisotopic (exact) mass is 253 g/mol. The van der Waals surface area contributed by atoms with Gasteiger partial charge in [-0.2, -0.15) is 0 Å². The fraction of sp³-hybridized carbons (Fsp3) is 0.176. The smallest absolute Gasteiger partial charge is 0.127 e. The zero-order chi connectivity index (χ0) is 13.5. The fourth-order valence-electron chi connectivity index (χ4n) is 1.62. The minimum Gasteiger partial charge on any atom is -0.457 e. The van der Waals surface area contributed by atoms with Crippen molar-refractivity contribution in [1.29, 1.82) is 0 Å². The van der Waals surface area contributed by atoms with Gasteiger partial charge in [-0.25, -0.2) is 0 Å².